The van der Waals surface area contributed by atoms with Gasteiger partial charge in [0.15, 0.2) is 0 Å². The third-order valence-corrected chi connectivity index (χ3v) is 1.49. The van der Waals surface area contributed by atoms with E-state index in [1.807, 2.05) is 0 Å². The molecule has 0 heterocycles. The van der Waals surface area contributed by atoms with Crippen LogP contribution in [0, 0.1) is 5.41 Å². The third-order valence-electron chi connectivity index (χ3n) is 1.49. The highest BCUT2D eigenvalue weighted by Crippen LogP contribution is 2.13. The summed E-state index contributed by atoms with van der Waals surface area (Å²) in [6.07, 6.45) is 0. The maximum atomic E-state index is 5.15. The fourth-order valence-corrected chi connectivity index (χ4v) is 0.779. The Bertz CT molecular complexity index is 161. The van der Waals surface area contributed by atoms with Crippen molar-refractivity contribution in [1.82, 2.24) is 5.48 Å². The summed E-state index contributed by atoms with van der Waals surface area (Å²) in [6.45, 7) is 7.31. The monoisotopic (exact) mass is 188 g/mol. The van der Waals surface area contributed by atoms with Crippen LogP contribution in [-0.2, 0) is 9.57 Å². The fourth-order valence-electron chi connectivity index (χ4n) is 0.779. The van der Waals surface area contributed by atoms with Crippen LogP contribution in [0.1, 0.15) is 20.8 Å². The lowest BCUT2D eigenvalue weighted by atomic mass is 9.95. The molecule has 0 spiro atoms. The number of amidine groups is 1. The molecular weight excluding hydrogens is 168 g/mol. The molecule has 0 aromatic carbocycles. The van der Waals surface area contributed by atoms with Gasteiger partial charge in [0, 0.05) is 19.6 Å². The lowest BCUT2D eigenvalue weighted by molar-refractivity contribution is 0.0343. The smallest absolute Gasteiger partial charge is 0.125 e. The van der Waals surface area contributed by atoms with Crippen molar-refractivity contribution in [3.05, 3.63) is 0 Å². The average Bonchev–Trinajstić information content (AvgIpc) is 2.02. The third kappa shape index (κ3) is 5.60. The first-order valence-corrected chi connectivity index (χ1v) is 4.36. The number of aliphatic imine (C=N–C) groups is 1. The van der Waals surface area contributed by atoms with E-state index in [2.05, 4.69) is 31.2 Å². The molecule has 0 saturated carbocycles. The molecular formula is C9H20N2O2. The fraction of sp³-hybridized carbons (Fsp3) is 0.889. The van der Waals surface area contributed by atoms with E-state index >= 15 is 0 Å². The van der Waals surface area contributed by atoms with Crippen molar-refractivity contribution in [2.45, 2.75) is 20.8 Å². The molecule has 0 radical (unpaired) electrons. The number of rotatable bonds is 4. The van der Waals surface area contributed by atoms with Crippen molar-refractivity contribution in [3.63, 3.8) is 0 Å². The van der Waals surface area contributed by atoms with Crippen LogP contribution in [0.15, 0.2) is 4.99 Å². The molecule has 0 rings (SSSR count). The van der Waals surface area contributed by atoms with E-state index in [9.17, 15) is 0 Å². The highest BCUT2D eigenvalue weighted by Gasteiger charge is 2.17. The van der Waals surface area contributed by atoms with E-state index in [1.165, 1.54) is 0 Å². The number of hydrogen-bond acceptors (Lipinski definition) is 3. The van der Waals surface area contributed by atoms with Crippen molar-refractivity contribution >= 4 is 5.84 Å². The molecule has 0 aromatic rings. The van der Waals surface area contributed by atoms with E-state index in [1.54, 1.807) is 14.2 Å². The Hall–Kier alpha value is -0.610. The Morgan fingerprint density at radius 1 is 1.31 bits per heavy atom. The summed E-state index contributed by atoms with van der Waals surface area (Å²) in [6, 6.07) is 0. The van der Waals surface area contributed by atoms with Gasteiger partial charge in [0.05, 0.1) is 13.2 Å². The highest BCUT2D eigenvalue weighted by molar-refractivity contribution is 5.86. The molecule has 0 aliphatic heterocycles. The largest absolute Gasteiger partial charge is 0.382 e. The Labute approximate surface area is 80.3 Å². The van der Waals surface area contributed by atoms with Gasteiger partial charge in [-0.25, -0.2) is 0 Å². The van der Waals surface area contributed by atoms with Crippen LogP contribution < -0.4 is 5.48 Å². The number of ether oxygens (including phenoxy) is 1. The molecule has 0 aromatic heterocycles. The quantitative estimate of drug-likeness (QED) is 0.312. The van der Waals surface area contributed by atoms with Crippen LogP contribution in [0.4, 0.5) is 0 Å². The number of hydrogen-bond donors (Lipinski definition) is 1. The van der Waals surface area contributed by atoms with Crippen molar-refractivity contribution in [3.8, 4) is 0 Å². The molecule has 0 amide bonds. The van der Waals surface area contributed by atoms with Gasteiger partial charge in [0.1, 0.15) is 5.84 Å². The number of nitrogens with one attached hydrogen (secondary N) is 1. The van der Waals surface area contributed by atoms with Crippen molar-refractivity contribution in [2.24, 2.45) is 10.4 Å². The van der Waals surface area contributed by atoms with Crippen molar-refractivity contribution in [2.75, 3.05) is 27.4 Å². The first-order chi connectivity index (χ1) is 6.02. The topological polar surface area (TPSA) is 42.9 Å². The van der Waals surface area contributed by atoms with Crippen LogP contribution in [0.25, 0.3) is 0 Å². The minimum absolute atomic E-state index is 0.0121. The van der Waals surface area contributed by atoms with E-state index in [4.69, 9.17) is 9.57 Å². The van der Waals surface area contributed by atoms with Crippen LogP contribution in [0.3, 0.4) is 0 Å². The molecule has 0 atom stereocenters. The Morgan fingerprint density at radius 3 is 2.31 bits per heavy atom. The number of methoxy groups -OCH3 is 1. The van der Waals surface area contributed by atoms with Gasteiger partial charge in [-0.05, 0) is 0 Å². The minimum Gasteiger partial charge on any atom is -0.382 e. The van der Waals surface area contributed by atoms with Crippen LogP contribution in [0.5, 0.6) is 0 Å². The minimum atomic E-state index is -0.0121. The van der Waals surface area contributed by atoms with Crippen LogP contribution >= 0.6 is 0 Å². The molecule has 0 fully saturated rings. The second-order valence-corrected chi connectivity index (χ2v) is 3.77. The van der Waals surface area contributed by atoms with Gasteiger partial charge < -0.3 is 4.74 Å². The molecule has 0 unspecified atom stereocenters. The molecule has 0 aliphatic rings. The zero-order valence-corrected chi connectivity index (χ0v) is 9.18. The van der Waals surface area contributed by atoms with Crippen molar-refractivity contribution in [1.29, 1.82) is 0 Å². The maximum Gasteiger partial charge on any atom is 0.125 e. The van der Waals surface area contributed by atoms with E-state index < -0.39 is 0 Å². The second-order valence-electron chi connectivity index (χ2n) is 3.77. The standard InChI is InChI=1S/C9H20N2O2/c1-9(2,3)8(10-4)11-13-7-6-12-5/h6-7H2,1-5H3,(H,10,11). The highest BCUT2D eigenvalue weighted by atomic mass is 16.7. The van der Waals surface area contributed by atoms with Crippen LogP contribution in [0.2, 0.25) is 0 Å². The van der Waals surface area contributed by atoms with Gasteiger partial charge in [0.25, 0.3) is 0 Å². The SMILES string of the molecule is CN=C(NOCCOC)C(C)(C)C. The summed E-state index contributed by atoms with van der Waals surface area (Å²) in [5.74, 6) is 0.837. The van der Waals surface area contributed by atoms with Gasteiger partial charge >= 0.3 is 0 Å². The number of hydroxylamine groups is 1. The Morgan fingerprint density at radius 2 is 1.92 bits per heavy atom. The summed E-state index contributed by atoms with van der Waals surface area (Å²) < 4.78 is 4.84. The van der Waals surface area contributed by atoms with E-state index in [-0.39, 0.29) is 5.41 Å². The number of nitrogens with zero attached hydrogens (tertiary/aromatic N) is 1. The normalized spacial score (nSPS) is 13.2. The molecule has 4 nitrogen and oxygen atoms in total. The van der Waals surface area contributed by atoms with E-state index in [0.29, 0.717) is 13.2 Å². The molecule has 0 saturated heterocycles. The summed E-state index contributed by atoms with van der Waals surface area (Å²) in [7, 11) is 3.38. The average molecular weight is 188 g/mol. The molecule has 1 N–H and O–H groups in total. The maximum absolute atomic E-state index is 5.15. The lowest BCUT2D eigenvalue weighted by Gasteiger charge is -2.21. The zero-order chi connectivity index (χ0) is 10.3. The first-order valence-electron chi connectivity index (χ1n) is 4.36. The lowest BCUT2D eigenvalue weighted by Crippen LogP contribution is -2.35. The molecule has 0 aliphatic carbocycles. The van der Waals surface area contributed by atoms with Crippen molar-refractivity contribution < 1.29 is 9.57 Å². The second kappa shape index (κ2) is 5.94. The van der Waals surface area contributed by atoms with Crippen LogP contribution in [-0.4, -0.2) is 33.2 Å². The molecule has 4 heteroatoms. The van der Waals surface area contributed by atoms with E-state index in [0.717, 1.165) is 5.84 Å². The van der Waals surface area contributed by atoms with Gasteiger partial charge in [-0.2, -0.15) is 0 Å². The summed E-state index contributed by atoms with van der Waals surface area (Å²) in [5, 5.41) is 0. The molecule has 0 bridgehead atoms. The molecule has 13 heavy (non-hydrogen) atoms. The summed E-state index contributed by atoms with van der Waals surface area (Å²) >= 11 is 0. The predicted molar refractivity (Wildman–Crippen MR) is 53.8 cm³/mol. The first kappa shape index (κ1) is 12.4. The van der Waals surface area contributed by atoms with Gasteiger partial charge in [-0.15, -0.1) is 0 Å². The summed E-state index contributed by atoms with van der Waals surface area (Å²) in [4.78, 5) is 9.24. The Kier molecular flexibility index (Phi) is 5.66. The predicted octanol–water partition coefficient (Wildman–Crippen LogP) is 1.23. The van der Waals surface area contributed by atoms with Gasteiger partial charge in [-0.1, -0.05) is 20.8 Å². The van der Waals surface area contributed by atoms with Gasteiger partial charge in [0.2, 0.25) is 0 Å². The molecule has 78 valence electrons. The summed E-state index contributed by atoms with van der Waals surface area (Å²) in [5.41, 5.74) is 2.80. The Balaban J connectivity index is 3.76. The zero-order valence-electron chi connectivity index (χ0n) is 9.18. The van der Waals surface area contributed by atoms with Gasteiger partial charge in [-0.3, -0.25) is 15.3 Å².